The molecule has 0 aliphatic carbocycles. The van der Waals surface area contributed by atoms with Gasteiger partial charge in [-0.15, -0.1) is 0 Å². The van der Waals surface area contributed by atoms with Crippen molar-refractivity contribution in [2.75, 3.05) is 19.8 Å². The molecule has 1 N–H and O–H groups in total. The number of nitro groups is 1. The lowest BCUT2D eigenvalue weighted by atomic mass is 10.1. The van der Waals surface area contributed by atoms with E-state index in [1.54, 1.807) is 13.0 Å². The number of aliphatic hydroxyl groups excluding tert-OH is 1. The number of rotatable bonds is 5. The van der Waals surface area contributed by atoms with Crippen molar-refractivity contribution in [2.24, 2.45) is 0 Å². The summed E-state index contributed by atoms with van der Waals surface area (Å²) in [7, 11) is 0. The Labute approximate surface area is 122 Å². The van der Waals surface area contributed by atoms with Gasteiger partial charge in [-0.3, -0.25) is 14.9 Å². The van der Waals surface area contributed by atoms with E-state index in [0.717, 1.165) is 6.42 Å². The molecule has 1 unspecified atom stereocenters. The molecule has 0 saturated carbocycles. The fourth-order valence-electron chi connectivity index (χ4n) is 2.60. The molecule has 7 nitrogen and oxygen atoms in total. The van der Waals surface area contributed by atoms with Gasteiger partial charge in [-0.2, -0.15) is 0 Å². The van der Waals surface area contributed by atoms with E-state index < -0.39 is 10.8 Å². The van der Waals surface area contributed by atoms with Gasteiger partial charge in [0.2, 0.25) is 0 Å². The van der Waals surface area contributed by atoms with Gasteiger partial charge in [0.1, 0.15) is 5.75 Å². The molecular formula is C14H18N2O5. The van der Waals surface area contributed by atoms with Crippen molar-refractivity contribution in [1.29, 1.82) is 0 Å². The average Bonchev–Trinajstić information content (AvgIpc) is 2.95. The van der Waals surface area contributed by atoms with E-state index in [1.807, 2.05) is 0 Å². The Bertz CT molecular complexity index is 546. The third-order valence-corrected chi connectivity index (χ3v) is 3.56. The average molecular weight is 294 g/mol. The molecule has 7 heteroatoms. The zero-order chi connectivity index (χ0) is 15.4. The first-order chi connectivity index (χ1) is 10.1. The third-order valence-electron chi connectivity index (χ3n) is 3.56. The van der Waals surface area contributed by atoms with E-state index in [0.29, 0.717) is 19.6 Å². The fraction of sp³-hybridized carbons (Fsp3) is 0.500. The highest BCUT2D eigenvalue weighted by Crippen LogP contribution is 2.32. The summed E-state index contributed by atoms with van der Waals surface area (Å²) in [5.74, 6) is -0.248. The minimum absolute atomic E-state index is 0.0373. The van der Waals surface area contributed by atoms with Crippen LogP contribution < -0.4 is 4.74 Å². The second-order valence-corrected chi connectivity index (χ2v) is 4.82. The molecule has 0 bridgehead atoms. The number of benzene rings is 1. The van der Waals surface area contributed by atoms with Gasteiger partial charge in [-0.25, -0.2) is 0 Å². The molecule has 21 heavy (non-hydrogen) atoms. The lowest BCUT2D eigenvalue weighted by Crippen LogP contribution is -2.38. The number of ether oxygens (including phenoxy) is 1. The van der Waals surface area contributed by atoms with Crippen LogP contribution in [0, 0.1) is 10.1 Å². The van der Waals surface area contributed by atoms with Crippen LogP contribution in [0.25, 0.3) is 0 Å². The predicted octanol–water partition coefficient (Wildman–Crippen LogP) is 1.59. The molecule has 1 saturated heterocycles. The lowest BCUT2D eigenvalue weighted by molar-refractivity contribution is -0.385. The molecule has 2 rings (SSSR count). The standard InChI is InChI=1S/C14H18N2O5/c1-2-21-12-7-3-6-11(16(19)20)13(12)14(18)15-8-4-5-10(15)9-17/h3,6-7,10,17H,2,4-5,8-9H2,1H3. The van der Waals surface area contributed by atoms with E-state index in [-0.39, 0.29) is 29.6 Å². The molecule has 1 atom stereocenters. The van der Waals surface area contributed by atoms with Crippen molar-refractivity contribution in [3.63, 3.8) is 0 Å². The normalized spacial score (nSPS) is 17.8. The number of amides is 1. The van der Waals surface area contributed by atoms with Crippen LogP contribution in [0.15, 0.2) is 18.2 Å². The highest BCUT2D eigenvalue weighted by molar-refractivity contribution is 6.01. The van der Waals surface area contributed by atoms with Crippen molar-refractivity contribution in [1.82, 2.24) is 4.90 Å². The Morgan fingerprint density at radius 2 is 2.33 bits per heavy atom. The van der Waals surface area contributed by atoms with Crippen LogP contribution in [0.3, 0.4) is 0 Å². The second kappa shape index (κ2) is 6.53. The maximum Gasteiger partial charge on any atom is 0.285 e. The summed E-state index contributed by atoms with van der Waals surface area (Å²) >= 11 is 0. The topological polar surface area (TPSA) is 92.9 Å². The second-order valence-electron chi connectivity index (χ2n) is 4.82. The van der Waals surface area contributed by atoms with Gasteiger partial charge in [0.25, 0.3) is 11.6 Å². The van der Waals surface area contributed by atoms with Crippen molar-refractivity contribution >= 4 is 11.6 Å². The van der Waals surface area contributed by atoms with E-state index in [1.165, 1.54) is 17.0 Å². The summed E-state index contributed by atoms with van der Waals surface area (Å²) in [4.78, 5) is 24.8. The number of aliphatic hydroxyl groups is 1. The van der Waals surface area contributed by atoms with E-state index in [2.05, 4.69) is 0 Å². The van der Waals surface area contributed by atoms with Crippen LogP contribution >= 0.6 is 0 Å². The summed E-state index contributed by atoms with van der Waals surface area (Å²) in [6.07, 6.45) is 1.48. The molecule has 1 fully saturated rings. The molecule has 1 heterocycles. The Balaban J connectivity index is 2.45. The first kappa shape index (κ1) is 15.2. The lowest BCUT2D eigenvalue weighted by Gasteiger charge is -2.23. The molecule has 0 aromatic heterocycles. The van der Waals surface area contributed by atoms with Crippen LogP contribution in [-0.2, 0) is 0 Å². The number of hydrogen-bond donors (Lipinski definition) is 1. The summed E-state index contributed by atoms with van der Waals surface area (Å²) in [6, 6.07) is 4.05. The number of hydrogen-bond acceptors (Lipinski definition) is 5. The van der Waals surface area contributed by atoms with Crippen LogP contribution in [0.2, 0.25) is 0 Å². The van der Waals surface area contributed by atoms with E-state index >= 15 is 0 Å². The van der Waals surface area contributed by atoms with Gasteiger partial charge in [-0.05, 0) is 25.8 Å². The predicted molar refractivity (Wildman–Crippen MR) is 75.4 cm³/mol. The summed E-state index contributed by atoms with van der Waals surface area (Å²) < 4.78 is 5.36. The van der Waals surface area contributed by atoms with Gasteiger partial charge in [0.05, 0.1) is 24.2 Å². The van der Waals surface area contributed by atoms with Crippen molar-refractivity contribution in [3.05, 3.63) is 33.9 Å². The van der Waals surface area contributed by atoms with E-state index in [9.17, 15) is 20.0 Å². The summed E-state index contributed by atoms with van der Waals surface area (Å²) in [5.41, 5.74) is -0.306. The molecule has 1 aliphatic heterocycles. The van der Waals surface area contributed by atoms with Gasteiger partial charge < -0.3 is 14.7 Å². The Kier molecular flexibility index (Phi) is 4.74. The third kappa shape index (κ3) is 2.97. The molecule has 0 spiro atoms. The zero-order valence-electron chi connectivity index (χ0n) is 11.8. The van der Waals surface area contributed by atoms with Crippen LogP contribution in [0.1, 0.15) is 30.1 Å². The van der Waals surface area contributed by atoms with Gasteiger partial charge >= 0.3 is 0 Å². The van der Waals surface area contributed by atoms with Crippen molar-refractivity contribution in [3.8, 4) is 5.75 Å². The fourth-order valence-corrected chi connectivity index (χ4v) is 2.60. The SMILES string of the molecule is CCOc1cccc([N+](=O)[O-])c1C(=O)N1CCCC1CO. The quantitative estimate of drug-likeness (QED) is 0.657. The number of carbonyl (C=O) groups excluding carboxylic acids is 1. The van der Waals surface area contributed by atoms with Crippen LogP contribution in [0.5, 0.6) is 5.75 Å². The summed E-state index contributed by atoms with van der Waals surface area (Å²) in [5, 5.41) is 20.5. The van der Waals surface area contributed by atoms with Crippen LogP contribution in [0.4, 0.5) is 5.69 Å². The molecule has 1 aliphatic rings. The van der Waals surface area contributed by atoms with E-state index in [4.69, 9.17) is 4.74 Å². The monoisotopic (exact) mass is 294 g/mol. The van der Waals surface area contributed by atoms with Gasteiger partial charge in [0, 0.05) is 12.6 Å². The molecular weight excluding hydrogens is 276 g/mol. The largest absolute Gasteiger partial charge is 0.493 e. The maximum atomic E-state index is 12.7. The first-order valence-electron chi connectivity index (χ1n) is 6.92. The van der Waals surface area contributed by atoms with Crippen LogP contribution in [-0.4, -0.2) is 46.6 Å². The minimum atomic E-state index is -0.584. The zero-order valence-corrected chi connectivity index (χ0v) is 11.8. The molecule has 114 valence electrons. The first-order valence-corrected chi connectivity index (χ1v) is 6.92. The van der Waals surface area contributed by atoms with Crippen molar-refractivity contribution in [2.45, 2.75) is 25.8 Å². The maximum absolute atomic E-state index is 12.7. The number of nitrogens with zero attached hydrogens (tertiary/aromatic N) is 2. The Morgan fingerprint density at radius 3 is 2.95 bits per heavy atom. The Morgan fingerprint density at radius 1 is 1.57 bits per heavy atom. The van der Waals surface area contributed by atoms with Crippen molar-refractivity contribution < 1.29 is 19.6 Å². The minimum Gasteiger partial charge on any atom is -0.493 e. The highest BCUT2D eigenvalue weighted by Gasteiger charge is 2.34. The number of likely N-dealkylation sites (tertiary alicyclic amines) is 1. The molecule has 0 radical (unpaired) electrons. The number of nitro benzene ring substituents is 1. The highest BCUT2D eigenvalue weighted by atomic mass is 16.6. The molecule has 1 aromatic rings. The number of carbonyl (C=O) groups is 1. The van der Waals surface area contributed by atoms with Gasteiger partial charge in [-0.1, -0.05) is 6.07 Å². The van der Waals surface area contributed by atoms with Gasteiger partial charge in [0.15, 0.2) is 5.56 Å². The summed E-state index contributed by atoms with van der Waals surface area (Å²) in [6.45, 7) is 2.41. The smallest absolute Gasteiger partial charge is 0.285 e. The Hall–Kier alpha value is -2.15. The molecule has 1 aromatic carbocycles. The molecule has 1 amide bonds.